The maximum Gasteiger partial charge on any atom is 0.338 e. The Hall–Kier alpha value is -0.770. The standard InChI is InChI=1S/C9H16N2O2/c12-9(10-7-5-6-7)11-13-8-3-1-2-4-8/h7-8H,1-6H2,(H2,10,11,12). The Bertz CT molecular complexity index is 186. The first-order valence-electron chi connectivity index (χ1n) is 5.07. The quantitative estimate of drug-likeness (QED) is 0.650. The maximum atomic E-state index is 11.1. The molecule has 0 unspecified atom stereocenters. The molecule has 13 heavy (non-hydrogen) atoms. The van der Waals surface area contributed by atoms with E-state index in [1.165, 1.54) is 12.8 Å². The number of carbonyl (C=O) groups is 1. The maximum absolute atomic E-state index is 11.1. The van der Waals surface area contributed by atoms with E-state index in [0.29, 0.717) is 6.04 Å². The summed E-state index contributed by atoms with van der Waals surface area (Å²) in [6, 6.07) is 0.210. The first-order chi connectivity index (χ1) is 6.34. The second-order valence-corrected chi connectivity index (χ2v) is 3.87. The first-order valence-corrected chi connectivity index (χ1v) is 5.07. The zero-order chi connectivity index (χ0) is 9.10. The molecule has 0 aromatic rings. The van der Waals surface area contributed by atoms with E-state index < -0.39 is 0 Å². The number of hydrogen-bond acceptors (Lipinski definition) is 2. The fraction of sp³-hybridized carbons (Fsp3) is 0.889. The van der Waals surface area contributed by atoms with E-state index in [4.69, 9.17) is 4.84 Å². The van der Waals surface area contributed by atoms with Crippen LogP contribution in [0.2, 0.25) is 0 Å². The lowest BCUT2D eigenvalue weighted by molar-refractivity contribution is 0.000117. The Kier molecular flexibility index (Phi) is 2.68. The molecule has 4 heteroatoms. The van der Waals surface area contributed by atoms with E-state index in [1.807, 2.05) is 0 Å². The largest absolute Gasteiger partial charge is 0.338 e. The molecule has 2 aliphatic rings. The van der Waals surface area contributed by atoms with Gasteiger partial charge in [-0.15, -0.1) is 0 Å². The predicted octanol–water partition coefficient (Wildman–Crippen LogP) is 1.32. The van der Waals surface area contributed by atoms with Crippen LogP contribution < -0.4 is 10.8 Å². The van der Waals surface area contributed by atoms with Gasteiger partial charge in [-0.25, -0.2) is 10.3 Å². The highest BCUT2D eigenvalue weighted by Crippen LogP contribution is 2.20. The predicted molar refractivity (Wildman–Crippen MR) is 48.0 cm³/mol. The molecule has 0 saturated heterocycles. The van der Waals surface area contributed by atoms with Crippen LogP contribution in [-0.2, 0) is 4.84 Å². The number of urea groups is 1. The Morgan fingerprint density at radius 3 is 2.46 bits per heavy atom. The molecule has 0 radical (unpaired) electrons. The van der Waals surface area contributed by atoms with E-state index >= 15 is 0 Å². The van der Waals surface area contributed by atoms with Gasteiger partial charge in [-0.1, -0.05) is 12.8 Å². The summed E-state index contributed by atoms with van der Waals surface area (Å²) in [5.41, 5.74) is 2.45. The van der Waals surface area contributed by atoms with Crippen LogP contribution in [0.25, 0.3) is 0 Å². The van der Waals surface area contributed by atoms with Gasteiger partial charge in [-0.3, -0.25) is 4.84 Å². The minimum atomic E-state index is -0.186. The number of hydrogen-bond donors (Lipinski definition) is 2. The van der Waals surface area contributed by atoms with E-state index in [1.54, 1.807) is 0 Å². The summed E-state index contributed by atoms with van der Waals surface area (Å²) in [6.07, 6.45) is 7.04. The average molecular weight is 184 g/mol. The fourth-order valence-electron chi connectivity index (χ4n) is 1.59. The zero-order valence-electron chi connectivity index (χ0n) is 7.71. The van der Waals surface area contributed by atoms with E-state index in [2.05, 4.69) is 10.8 Å². The number of rotatable bonds is 3. The highest BCUT2D eigenvalue weighted by molar-refractivity contribution is 5.73. The van der Waals surface area contributed by atoms with Gasteiger partial charge in [-0.2, -0.15) is 0 Å². The van der Waals surface area contributed by atoms with Gasteiger partial charge in [0.05, 0.1) is 6.10 Å². The lowest BCUT2D eigenvalue weighted by Gasteiger charge is -2.11. The van der Waals surface area contributed by atoms with Gasteiger partial charge < -0.3 is 5.32 Å². The molecule has 0 heterocycles. The monoisotopic (exact) mass is 184 g/mol. The van der Waals surface area contributed by atoms with Crippen molar-refractivity contribution in [3.8, 4) is 0 Å². The van der Waals surface area contributed by atoms with Crippen LogP contribution in [0.15, 0.2) is 0 Å². The molecule has 2 aliphatic carbocycles. The lowest BCUT2D eigenvalue weighted by atomic mass is 10.3. The van der Waals surface area contributed by atoms with E-state index in [9.17, 15) is 4.79 Å². The number of nitrogens with one attached hydrogen (secondary N) is 2. The van der Waals surface area contributed by atoms with Gasteiger partial charge in [0.25, 0.3) is 0 Å². The molecule has 0 atom stereocenters. The van der Waals surface area contributed by atoms with Crippen molar-refractivity contribution in [1.29, 1.82) is 0 Å². The SMILES string of the molecule is O=C(NOC1CCCC1)NC1CC1. The Morgan fingerprint density at radius 2 is 1.85 bits per heavy atom. The molecule has 0 aromatic heterocycles. The van der Waals surface area contributed by atoms with Crippen molar-refractivity contribution in [2.45, 2.75) is 50.7 Å². The summed E-state index contributed by atoms with van der Waals surface area (Å²) < 4.78 is 0. The summed E-state index contributed by atoms with van der Waals surface area (Å²) in [5.74, 6) is 0. The van der Waals surface area contributed by atoms with Crippen LogP contribution in [0.4, 0.5) is 4.79 Å². The summed E-state index contributed by atoms with van der Waals surface area (Å²) in [7, 11) is 0. The summed E-state index contributed by atoms with van der Waals surface area (Å²) in [6.45, 7) is 0. The molecule has 2 N–H and O–H groups in total. The first kappa shape index (κ1) is 8.81. The summed E-state index contributed by atoms with van der Waals surface area (Å²) in [4.78, 5) is 16.3. The normalized spacial score (nSPS) is 23.1. The minimum absolute atomic E-state index is 0.186. The third kappa shape index (κ3) is 2.88. The van der Waals surface area contributed by atoms with Crippen LogP contribution in [0, 0.1) is 0 Å². The van der Waals surface area contributed by atoms with Crippen molar-refractivity contribution >= 4 is 6.03 Å². The molecule has 0 aliphatic heterocycles. The van der Waals surface area contributed by atoms with Gasteiger partial charge in [0.1, 0.15) is 0 Å². The third-order valence-electron chi connectivity index (χ3n) is 2.53. The zero-order valence-corrected chi connectivity index (χ0v) is 7.71. The topological polar surface area (TPSA) is 50.4 Å². The molecule has 0 aromatic carbocycles. The summed E-state index contributed by atoms with van der Waals surface area (Å²) >= 11 is 0. The van der Waals surface area contributed by atoms with Crippen LogP contribution in [0.5, 0.6) is 0 Å². The molecule has 0 bridgehead atoms. The number of amides is 2. The van der Waals surface area contributed by atoms with Crippen molar-refractivity contribution in [2.24, 2.45) is 0 Å². The Balaban J connectivity index is 1.57. The van der Waals surface area contributed by atoms with Crippen molar-refractivity contribution in [3.63, 3.8) is 0 Å². The molecular weight excluding hydrogens is 168 g/mol. The number of carbonyl (C=O) groups excluding carboxylic acids is 1. The van der Waals surface area contributed by atoms with Crippen LogP contribution >= 0.6 is 0 Å². The molecule has 2 saturated carbocycles. The molecule has 2 rings (SSSR count). The second kappa shape index (κ2) is 3.96. The van der Waals surface area contributed by atoms with Crippen LogP contribution in [0.3, 0.4) is 0 Å². The van der Waals surface area contributed by atoms with E-state index in [-0.39, 0.29) is 12.1 Å². The molecule has 74 valence electrons. The highest BCUT2D eigenvalue weighted by Gasteiger charge is 2.24. The van der Waals surface area contributed by atoms with Gasteiger partial charge in [0.2, 0.25) is 0 Å². The van der Waals surface area contributed by atoms with E-state index in [0.717, 1.165) is 25.7 Å². The Labute approximate surface area is 78.0 Å². The highest BCUT2D eigenvalue weighted by atomic mass is 16.7. The molecular formula is C9H16N2O2. The van der Waals surface area contributed by atoms with Gasteiger partial charge in [0.15, 0.2) is 0 Å². The van der Waals surface area contributed by atoms with Crippen molar-refractivity contribution in [3.05, 3.63) is 0 Å². The third-order valence-corrected chi connectivity index (χ3v) is 2.53. The summed E-state index contributed by atoms with van der Waals surface area (Å²) in [5, 5.41) is 2.80. The second-order valence-electron chi connectivity index (χ2n) is 3.87. The molecule has 4 nitrogen and oxygen atoms in total. The van der Waals surface area contributed by atoms with Gasteiger partial charge >= 0.3 is 6.03 Å². The smallest absolute Gasteiger partial charge is 0.334 e. The molecule has 2 amide bonds. The minimum Gasteiger partial charge on any atom is -0.334 e. The molecule has 2 fully saturated rings. The van der Waals surface area contributed by atoms with Crippen LogP contribution in [0.1, 0.15) is 38.5 Å². The van der Waals surface area contributed by atoms with Crippen molar-refractivity contribution in [1.82, 2.24) is 10.8 Å². The average Bonchev–Trinajstić information content (AvgIpc) is 2.78. The lowest BCUT2D eigenvalue weighted by Crippen LogP contribution is -2.38. The van der Waals surface area contributed by atoms with Crippen LogP contribution in [-0.4, -0.2) is 18.2 Å². The van der Waals surface area contributed by atoms with Crippen molar-refractivity contribution in [2.75, 3.05) is 0 Å². The van der Waals surface area contributed by atoms with Gasteiger partial charge in [0, 0.05) is 6.04 Å². The molecule has 0 spiro atoms. The van der Waals surface area contributed by atoms with Crippen molar-refractivity contribution < 1.29 is 9.63 Å². The Morgan fingerprint density at radius 1 is 1.15 bits per heavy atom. The fourth-order valence-corrected chi connectivity index (χ4v) is 1.59. The van der Waals surface area contributed by atoms with Gasteiger partial charge in [-0.05, 0) is 25.7 Å². The number of hydroxylamine groups is 1.